The molecule has 0 atom stereocenters. The maximum atomic E-state index is 5.83. The Morgan fingerprint density at radius 1 is 1.00 bits per heavy atom. The van der Waals surface area contributed by atoms with Crippen molar-refractivity contribution in [2.24, 2.45) is 0 Å². The van der Waals surface area contributed by atoms with E-state index in [0.717, 1.165) is 5.69 Å². The summed E-state index contributed by atoms with van der Waals surface area (Å²) in [5.41, 5.74) is 2.23. The largest absolute Gasteiger partial charge is 0.357 e. The summed E-state index contributed by atoms with van der Waals surface area (Å²) in [5, 5.41) is 3.58. The number of para-hydroxylation sites is 1. The molecule has 3 heteroatoms. The van der Waals surface area contributed by atoms with Crippen molar-refractivity contribution >= 4 is 23.7 Å². The summed E-state index contributed by atoms with van der Waals surface area (Å²) >= 11 is 5.83. The zero-order chi connectivity index (χ0) is 11.5. The van der Waals surface area contributed by atoms with Gasteiger partial charge in [0.25, 0.3) is 0 Å². The van der Waals surface area contributed by atoms with Gasteiger partial charge in [-0.25, -0.2) is 0 Å². The molecule has 0 spiro atoms. The molecule has 1 aromatic carbocycles. The minimum atomic E-state index is -1.50. The lowest BCUT2D eigenvalue weighted by atomic mass is 10.3. The van der Waals surface area contributed by atoms with Crippen molar-refractivity contribution in [1.82, 2.24) is 0 Å². The van der Waals surface area contributed by atoms with Gasteiger partial charge in [-0.1, -0.05) is 57.7 Å². The predicted octanol–water partition coefficient (Wildman–Crippen LogP) is 4.31. The first-order chi connectivity index (χ1) is 6.97. The van der Waals surface area contributed by atoms with Crippen LogP contribution >= 0.6 is 6.19 Å². The molecule has 15 heavy (non-hydrogen) atoms. The zero-order valence-corrected chi connectivity index (χ0v) is 11.6. The van der Waals surface area contributed by atoms with E-state index in [1.807, 2.05) is 18.2 Å². The van der Waals surface area contributed by atoms with Gasteiger partial charge in [-0.3, -0.25) is 0 Å². The van der Waals surface area contributed by atoms with Gasteiger partial charge in [0.1, 0.15) is 0 Å². The molecule has 0 radical (unpaired) electrons. The van der Waals surface area contributed by atoms with Crippen molar-refractivity contribution in [3.05, 3.63) is 30.3 Å². The van der Waals surface area contributed by atoms with E-state index in [0.29, 0.717) is 11.3 Å². The normalized spacial score (nSPS) is 12.1. The molecule has 0 aliphatic heterocycles. The van der Waals surface area contributed by atoms with E-state index in [2.05, 4.69) is 44.9 Å². The highest BCUT2D eigenvalue weighted by atomic mass is 32.4. The predicted molar refractivity (Wildman–Crippen MR) is 74.6 cm³/mol. The first kappa shape index (κ1) is 12.7. The highest BCUT2D eigenvalue weighted by Crippen LogP contribution is 2.54. The van der Waals surface area contributed by atoms with Gasteiger partial charge in [-0.15, -0.1) is 0 Å². The van der Waals surface area contributed by atoms with Gasteiger partial charge in [0.15, 0.2) is 0 Å². The van der Waals surface area contributed by atoms with Crippen molar-refractivity contribution in [3.63, 3.8) is 0 Å². The quantitative estimate of drug-likeness (QED) is 0.788. The lowest BCUT2D eigenvalue weighted by Crippen LogP contribution is -2.15. The molecule has 0 aromatic heterocycles. The molecule has 0 bridgehead atoms. The van der Waals surface area contributed by atoms with Gasteiger partial charge in [-0.2, -0.15) is 0 Å². The fourth-order valence-electron chi connectivity index (χ4n) is 1.57. The Hall–Kier alpha value is -0.330. The fraction of sp³-hybridized carbons (Fsp3) is 0.500. The second-order valence-corrected chi connectivity index (χ2v) is 9.90. The Morgan fingerprint density at radius 3 is 1.87 bits per heavy atom. The number of hydrogen-bond acceptors (Lipinski definition) is 1. The minimum absolute atomic E-state index is 0.535. The molecule has 1 aromatic rings. The number of hydrogen-bond donors (Lipinski definition) is 1. The van der Waals surface area contributed by atoms with Crippen LogP contribution in [0.1, 0.15) is 27.7 Å². The molecule has 1 nitrogen and oxygen atoms in total. The smallest absolute Gasteiger partial charge is 0.0389 e. The standard InChI is InChI=1S/C12H20NPS/c1-10(2)14(15,11(3)4)13-12-8-6-5-7-9-12/h5-11H,1-4H3,(H,13,15). The van der Waals surface area contributed by atoms with Crippen LogP contribution in [0, 0.1) is 0 Å². The average molecular weight is 241 g/mol. The molecule has 0 saturated carbocycles. The molecule has 0 unspecified atom stereocenters. The number of nitrogens with one attached hydrogen (secondary N) is 1. The average Bonchev–Trinajstić information content (AvgIpc) is 2.18. The van der Waals surface area contributed by atoms with Gasteiger partial charge >= 0.3 is 0 Å². The summed E-state index contributed by atoms with van der Waals surface area (Å²) in [5.74, 6) is 0. The topological polar surface area (TPSA) is 12.0 Å². The third kappa shape index (κ3) is 3.06. The molecule has 1 N–H and O–H groups in total. The van der Waals surface area contributed by atoms with Crippen LogP contribution in [0.5, 0.6) is 0 Å². The van der Waals surface area contributed by atoms with Crippen LogP contribution in [0.15, 0.2) is 30.3 Å². The maximum Gasteiger partial charge on any atom is 0.0389 e. The first-order valence-electron chi connectivity index (χ1n) is 5.39. The van der Waals surface area contributed by atoms with Crippen LogP contribution in [0.4, 0.5) is 5.69 Å². The van der Waals surface area contributed by atoms with Gasteiger partial charge in [0, 0.05) is 11.9 Å². The van der Waals surface area contributed by atoms with Crippen LogP contribution < -0.4 is 5.09 Å². The van der Waals surface area contributed by atoms with Crippen molar-refractivity contribution in [1.29, 1.82) is 0 Å². The van der Waals surface area contributed by atoms with E-state index >= 15 is 0 Å². The zero-order valence-electron chi connectivity index (χ0n) is 9.90. The summed E-state index contributed by atoms with van der Waals surface area (Å²) in [6.07, 6.45) is -1.50. The van der Waals surface area contributed by atoms with E-state index in [1.165, 1.54) is 0 Å². The van der Waals surface area contributed by atoms with Crippen LogP contribution in [0.25, 0.3) is 0 Å². The molecule has 84 valence electrons. The van der Waals surface area contributed by atoms with Gasteiger partial charge < -0.3 is 5.09 Å². The van der Waals surface area contributed by atoms with Crippen LogP contribution in [-0.2, 0) is 11.8 Å². The highest BCUT2D eigenvalue weighted by molar-refractivity contribution is 8.15. The third-order valence-corrected chi connectivity index (χ3v) is 9.09. The molecular weight excluding hydrogens is 221 g/mol. The summed E-state index contributed by atoms with van der Waals surface area (Å²) in [6, 6.07) is 10.3. The van der Waals surface area contributed by atoms with Gasteiger partial charge in [0.05, 0.1) is 0 Å². The summed E-state index contributed by atoms with van der Waals surface area (Å²) < 4.78 is 0. The summed E-state index contributed by atoms with van der Waals surface area (Å²) in [4.78, 5) is 0. The monoisotopic (exact) mass is 241 g/mol. The van der Waals surface area contributed by atoms with Crippen LogP contribution in [0.3, 0.4) is 0 Å². The van der Waals surface area contributed by atoms with Gasteiger partial charge in [-0.05, 0) is 23.5 Å². The summed E-state index contributed by atoms with van der Waals surface area (Å²) in [7, 11) is 0. The Labute approximate surface area is 98.3 Å². The van der Waals surface area contributed by atoms with Crippen molar-refractivity contribution in [3.8, 4) is 0 Å². The molecule has 0 aliphatic rings. The van der Waals surface area contributed by atoms with E-state index in [4.69, 9.17) is 11.8 Å². The highest BCUT2D eigenvalue weighted by Gasteiger charge is 2.24. The van der Waals surface area contributed by atoms with E-state index < -0.39 is 6.19 Å². The van der Waals surface area contributed by atoms with Crippen molar-refractivity contribution in [2.45, 2.75) is 39.0 Å². The van der Waals surface area contributed by atoms with E-state index in [9.17, 15) is 0 Å². The Balaban J connectivity index is 2.91. The molecule has 0 saturated heterocycles. The SMILES string of the molecule is CC(C)P(=S)(Nc1ccccc1)C(C)C. The van der Waals surface area contributed by atoms with Gasteiger partial charge in [0.2, 0.25) is 0 Å². The van der Waals surface area contributed by atoms with E-state index in [-0.39, 0.29) is 0 Å². The fourth-order valence-corrected chi connectivity index (χ4v) is 4.15. The molecule has 0 amide bonds. The number of rotatable bonds is 4. The van der Waals surface area contributed by atoms with Crippen LogP contribution in [0.2, 0.25) is 0 Å². The second kappa shape index (κ2) is 5.14. The van der Waals surface area contributed by atoms with Crippen molar-refractivity contribution < 1.29 is 0 Å². The number of anilines is 1. The molecule has 0 fully saturated rings. The number of benzene rings is 1. The Morgan fingerprint density at radius 2 is 1.47 bits per heavy atom. The molecule has 0 heterocycles. The Bertz CT molecular complexity index is 334. The first-order valence-corrected chi connectivity index (χ1v) is 8.33. The second-order valence-electron chi connectivity index (χ2n) is 4.37. The van der Waals surface area contributed by atoms with Crippen molar-refractivity contribution in [2.75, 3.05) is 5.09 Å². The summed E-state index contributed by atoms with van der Waals surface area (Å²) in [6.45, 7) is 8.88. The van der Waals surface area contributed by atoms with E-state index in [1.54, 1.807) is 0 Å². The Kier molecular flexibility index (Phi) is 4.36. The molecule has 1 rings (SSSR count). The molecular formula is C12H20NPS. The molecule has 0 aliphatic carbocycles. The third-order valence-electron chi connectivity index (χ3n) is 2.61. The lowest BCUT2D eigenvalue weighted by molar-refractivity contribution is 1.01. The van der Waals surface area contributed by atoms with Crippen LogP contribution in [-0.4, -0.2) is 11.3 Å². The minimum Gasteiger partial charge on any atom is -0.357 e. The lowest BCUT2D eigenvalue weighted by Gasteiger charge is -2.32. The maximum absolute atomic E-state index is 5.83.